The molecule has 1 heterocycles. The van der Waals surface area contributed by atoms with Gasteiger partial charge >= 0.3 is 0 Å². The van der Waals surface area contributed by atoms with E-state index in [1.54, 1.807) is 11.3 Å². The summed E-state index contributed by atoms with van der Waals surface area (Å²) in [5, 5.41) is 9.18. The number of nitrogens with one attached hydrogen (secondary N) is 2. The number of carbonyl (C=O) groups excluding carboxylic acids is 1. The summed E-state index contributed by atoms with van der Waals surface area (Å²) in [7, 11) is 1.90. The fourth-order valence-electron chi connectivity index (χ4n) is 1.59. The molecule has 2 N–H and O–H groups in total. The summed E-state index contributed by atoms with van der Waals surface area (Å²) in [6.07, 6.45) is 2.29. The van der Waals surface area contributed by atoms with Gasteiger partial charge in [0.25, 0.3) is 0 Å². The van der Waals surface area contributed by atoms with Crippen LogP contribution in [0, 0.1) is 0 Å². The van der Waals surface area contributed by atoms with Crippen LogP contribution in [0.1, 0.15) is 44.3 Å². The zero-order valence-corrected chi connectivity index (χ0v) is 15.6. The highest BCUT2D eigenvalue weighted by atomic mass is 35.5. The molecule has 0 saturated carbocycles. The molecule has 1 aromatic heterocycles. The summed E-state index contributed by atoms with van der Waals surface area (Å²) in [6, 6.07) is 0. The number of rotatable bonds is 7. The third-order valence-electron chi connectivity index (χ3n) is 2.81. The second kappa shape index (κ2) is 11.2. The van der Waals surface area contributed by atoms with Crippen molar-refractivity contribution in [3.8, 4) is 0 Å². The quantitative estimate of drug-likeness (QED) is 0.739. The van der Waals surface area contributed by atoms with Crippen molar-refractivity contribution in [3.05, 3.63) is 16.1 Å². The highest BCUT2D eigenvalue weighted by molar-refractivity contribution is 7.09. The summed E-state index contributed by atoms with van der Waals surface area (Å²) in [5.74, 6) is 0.128. The molecule has 0 unspecified atom stereocenters. The first kappa shape index (κ1) is 22.9. The van der Waals surface area contributed by atoms with Crippen LogP contribution in [0.15, 0.2) is 5.38 Å². The normalized spacial score (nSPS) is 10.5. The first-order valence-corrected chi connectivity index (χ1v) is 7.67. The van der Waals surface area contributed by atoms with Gasteiger partial charge in [-0.25, -0.2) is 4.98 Å². The second-order valence-corrected chi connectivity index (χ2v) is 6.63. The Morgan fingerprint density at radius 3 is 2.48 bits per heavy atom. The predicted molar refractivity (Wildman–Crippen MR) is 95.2 cm³/mol. The Morgan fingerprint density at radius 1 is 1.29 bits per heavy atom. The highest BCUT2D eigenvalue weighted by Crippen LogP contribution is 2.23. The smallest absolute Gasteiger partial charge is 0.220 e. The van der Waals surface area contributed by atoms with Crippen LogP contribution >= 0.6 is 36.2 Å². The van der Waals surface area contributed by atoms with E-state index in [1.807, 2.05) is 7.05 Å². The van der Waals surface area contributed by atoms with Crippen LogP contribution in [0.4, 0.5) is 0 Å². The van der Waals surface area contributed by atoms with Crippen LogP contribution in [0.3, 0.4) is 0 Å². The number of hydrogen-bond acceptors (Lipinski definition) is 4. The van der Waals surface area contributed by atoms with Gasteiger partial charge in [-0.05, 0) is 20.0 Å². The van der Waals surface area contributed by atoms with Crippen LogP contribution < -0.4 is 10.6 Å². The molecule has 0 saturated heterocycles. The molecule has 124 valence electrons. The third kappa shape index (κ3) is 9.30. The van der Waals surface area contributed by atoms with Gasteiger partial charge in [0, 0.05) is 30.2 Å². The van der Waals surface area contributed by atoms with E-state index in [2.05, 4.69) is 41.8 Å². The average molecular weight is 356 g/mol. The van der Waals surface area contributed by atoms with Crippen LogP contribution in [0.5, 0.6) is 0 Å². The van der Waals surface area contributed by atoms with Gasteiger partial charge in [0.2, 0.25) is 5.91 Å². The molecule has 0 aromatic carbocycles. The van der Waals surface area contributed by atoms with Crippen LogP contribution in [0.25, 0.3) is 0 Å². The second-order valence-electron chi connectivity index (χ2n) is 5.68. The maximum absolute atomic E-state index is 11.5. The monoisotopic (exact) mass is 355 g/mol. The average Bonchev–Trinajstić information content (AvgIpc) is 2.78. The number of hydrogen-bond donors (Lipinski definition) is 2. The van der Waals surface area contributed by atoms with Gasteiger partial charge in [-0.15, -0.1) is 36.2 Å². The van der Waals surface area contributed by atoms with Gasteiger partial charge in [0.1, 0.15) is 0 Å². The van der Waals surface area contributed by atoms with Gasteiger partial charge in [0.15, 0.2) is 0 Å². The first-order valence-electron chi connectivity index (χ1n) is 6.79. The van der Waals surface area contributed by atoms with E-state index in [9.17, 15) is 4.79 Å². The predicted octanol–water partition coefficient (Wildman–Crippen LogP) is 2.94. The molecule has 0 radical (unpaired) electrons. The molecular formula is C14H27Cl2N3OS. The van der Waals surface area contributed by atoms with Gasteiger partial charge in [-0.3, -0.25) is 4.79 Å². The van der Waals surface area contributed by atoms with Crippen molar-refractivity contribution in [2.75, 3.05) is 20.1 Å². The molecule has 0 atom stereocenters. The molecule has 7 heteroatoms. The van der Waals surface area contributed by atoms with Gasteiger partial charge in [-0.2, -0.15) is 0 Å². The zero-order valence-electron chi connectivity index (χ0n) is 13.2. The minimum Gasteiger partial charge on any atom is -0.356 e. The van der Waals surface area contributed by atoms with E-state index in [-0.39, 0.29) is 36.1 Å². The van der Waals surface area contributed by atoms with Crippen molar-refractivity contribution in [2.45, 2.75) is 45.4 Å². The Hall–Kier alpha value is -0.360. The number of carbonyl (C=O) groups is 1. The van der Waals surface area contributed by atoms with E-state index in [4.69, 9.17) is 0 Å². The van der Waals surface area contributed by atoms with Crippen molar-refractivity contribution in [1.29, 1.82) is 0 Å². The van der Waals surface area contributed by atoms with Crippen molar-refractivity contribution >= 4 is 42.1 Å². The fourth-order valence-corrected chi connectivity index (χ4v) is 2.62. The molecule has 0 fully saturated rings. The SMILES string of the molecule is CNCCCC(=O)NCCc1nc(C(C)(C)C)cs1.Cl.Cl. The fraction of sp³-hybridized carbons (Fsp3) is 0.714. The molecule has 1 rings (SSSR count). The van der Waals surface area contributed by atoms with E-state index in [0.717, 1.165) is 30.1 Å². The standard InChI is InChI=1S/C14H25N3OS.2ClH/c1-14(2,3)11-10-19-13(17-11)7-9-16-12(18)6-5-8-15-4;;/h10,15H,5-9H2,1-4H3,(H,16,18);2*1H. The Kier molecular flexibility index (Phi) is 12.3. The minimum atomic E-state index is 0. The zero-order chi connectivity index (χ0) is 14.3. The minimum absolute atomic E-state index is 0. The molecule has 4 nitrogen and oxygen atoms in total. The third-order valence-corrected chi connectivity index (χ3v) is 3.72. The maximum Gasteiger partial charge on any atom is 0.220 e. The summed E-state index contributed by atoms with van der Waals surface area (Å²) in [5.41, 5.74) is 1.23. The molecule has 0 bridgehead atoms. The molecule has 1 aromatic rings. The topological polar surface area (TPSA) is 54.0 Å². The molecule has 0 spiro atoms. The molecular weight excluding hydrogens is 329 g/mol. The van der Waals surface area contributed by atoms with Gasteiger partial charge in [0.05, 0.1) is 10.7 Å². The van der Waals surface area contributed by atoms with Crippen molar-refractivity contribution in [3.63, 3.8) is 0 Å². The number of thiazole rings is 1. The van der Waals surface area contributed by atoms with E-state index < -0.39 is 0 Å². The summed E-state index contributed by atoms with van der Waals surface area (Å²) < 4.78 is 0. The Balaban J connectivity index is 0. The Morgan fingerprint density at radius 2 is 1.95 bits per heavy atom. The number of amides is 1. The van der Waals surface area contributed by atoms with Crippen LogP contribution in [-0.4, -0.2) is 31.0 Å². The summed E-state index contributed by atoms with van der Waals surface area (Å²) in [4.78, 5) is 16.1. The summed E-state index contributed by atoms with van der Waals surface area (Å²) in [6.45, 7) is 8.05. The molecule has 0 aliphatic carbocycles. The number of halogens is 2. The lowest BCUT2D eigenvalue weighted by Gasteiger charge is -2.14. The van der Waals surface area contributed by atoms with E-state index in [0.29, 0.717) is 13.0 Å². The van der Waals surface area contributed by atoms with E-state index in [1.165, 1.54) is 0 Å². The highest BCUT2D eigenvalue weighted by Gasteiger charge is 2.17. The largest absolute Gasteiger partial charge is 0.356 e. The number of aromatic nitrogens is 1. The number of nitrogens with zero attached hydrogens (tertiary/aromatic N) is 1. The lowest BCUT2D eigenvalue weighted by Crippen LogP contribution is -2.26. The molecule has 1 amide bonds. The lowest BCUT2D eigenvalue weighted by molar-refractivity contribution is -0.121. The Labute approximate surface area is 144 Å². The first-order chi connectivity index (χ1) is 8.93. The van der Waals surface area contributed by atoms with Crippen molar-refractivity contribution in [1.82, 2.24) is 15.6 Å². The van der Waals surface area contributed by atoms with Gasteiger partial charge in [-0.1, -0.05) is 20.8 Å². The van der Waals surface area contributed by atoms with Crippen LogP contribution in [-0.2, 0) is 16.6 Å². The van der Waals surface area contributed by atoms with Crippen molar-refractivity contribution in [2.24, 2.45) is 0 Å². The van der Waals surface area contributed by atoms with Crippen molar-refractivity contribution < 1.29 is 4.79 Å². The molecule has 0 aliphatic heterocycles. The lowest BCUT2D eigenvalue weighted by atomic mass is 9.93. The van der Waals surface area contributed by atoms with Gasteiger partial charge < -0.3 is 10.6 Å². The summed E-state index contributed by atoms with van der Waals surface area (Å²) >= 11 is 1.68. The van der Waals surface area contributed by atoms with Crippen LogP contribution in [0.2, 0.25) is 0 Å². The molecule has 0 aliphatic rings. The maximum atomic E-state index is 11.5. The van der Waals surface area contributed by atoms with E-state index >= 15 is 0 Å². The molecule has 21 heavy (non-hydrogen) atoms. The Bertz CT molecular complexity index is 405.